The quantitative estimate of drug-likeness (QED) is 0.588. The highest BCUT2D eigenvalue weighted by Gasteiger charge is 2.46. The van der Waals surface area contributed by atoms with Crippen LogP contribution in [-0.2, 0) is 0 Å². The van der Waals surface area contributed by atoms with Gasteiger partial charge in [-0.1, -0.05) is 32.1 Å². The Labute approximate surface area is 94.2 Å². The molecule has 4 unspecified atom stereocenters. The molecule has 1 saturated heterocycles. The largest absolute Gasteiger partial charge is 0.300 e. The van der Waals surface area contributed by atoms with Crippen molar-refractivity contribution in [3.8, 4) is 0 Å². The molecule has 3 fully saturated rings. The first-order valence-electron chi connectivity index (χ1n) is 7.10. The van der Waals surface area contributed by atoms with Crippen molar-refractivity contribution in [3.63, 3.8) is 0 Å². The van der Waals surface area contributed by atoms with Gasteiger partial charge in [-0.25, -0.2) is 0 Å². The molecular weight excluding hydrogens is 182 g/mol. The lowest BCUT2D eigenvalue weighted by Crippen LogP contribution is -2.35. The molecule has 1 heteroatoms. The molecule has 0 aromatic rings. The fourth-order valence-corrected chi connectivity index (χ4v) is 4.71. The van der Waals surface area contributed by atoms with E-state index in [1.165, 1.54) is 57.8 Å². The smallest absolute Gasteiger partial charge is 0.0127 e. The summed E-state index contributed by atoms with van der Waals surface area (Å²) in [5, 5.41) is 0. The number of fused-ring (bicyclic) bond motifs is 3. The molecule has 86 valence electrons. The maximum atomic E-state index is 2.78. The number of hydrogen-bond donors (Lipinski definition) is 0. The zero-order valence-electron chi connectivity index (χ0n) is 10.1. The zero-order valence-corrected chi connectivity index (χ0v) is 10.1. The lowest BCUT2D eigenvalue weighted by atomic mass is 9.76. The van der Waals surface area contributed by atoms with Crippen LogP contribution in [0.25, 0.3) is 0 Å². The Bertz CT molecular complexity index is 223. The van der Waals surface area contributed by atoms with E-state index in [-0.39, 0.29) is 0 Å². The third kappa shape index (κ3) is 1.63. The second-order valence-corrected chi connectivity index (χ2v) is 6.05. The van der Waals surface area contributed by atoms with Gasteiger partial charge in [0.25, 0.3) is 0 Å². The third-order valence-corrected chi connectivity index (χ3v) is 5.41. The van der Waals surface area contributed by atoms with Gasteiger partial charge in [-0.05, 0) is 44.6 Å². The Hall–Kier alpha value is -0.0400. The summed E-state index contributed by atoms with van der Waals surface area (Å²) in [4.78, 5) is 2.78. The van der Waals surface area contributed by atoms with Gasteiger partial charge in [0.1, 0.15) is 0 Å². The maximum Gasteiger partial charge on any atom is 0.0127 e. The summed E-state index contributed by atoms with van der Waals surface area (Å²) in [7, 11) is 2.42. The standard InChI is InChI=1S/C14H25N/c1-15-13-9-4-2-3-7-11(13)12-8-5-6-10-14(12)15/h11-14H,2-10H2,1H3. The Morgan fingerprint density at radius 3 is 1.80 bits per heavy atom. The summed E-state index contributed by atoms with van der Waals surface area (Å²) in [5.41, 5.74) is 0. The van der Waals surface area contributed by atoms with Gasteiger partial charge in [0.15, 0.2) is 0 Å². The molecule has 1 nitrogen and oxygen atoms in total. The van der Waals surface area contributed by atoms with Gasteiger partial charge in [-0.15, -0.1) is 0 Å². The predicted molar refractivity (Wildman–Crippen MR) is 63.9 cm³/mol. The summed E-state index contributed by atoms with van der Waals surface area (Å²) in [6.45, 7) is 0. The minimum absolute atomic E-state index is 0.959. The molecule has 1 heterocycles. The highest BCUT2D eigenvalue weighted by molar-refractivity contribution is 5.00. The van der Waals surface area contributed by atoms with Crippen LogP contribution in [0.5, 0.6) is 0 Å². The van der Waals surface area contributed by atoms with E-state index in [1.807, 2.05) is 0 Å². The molecule has 1 aliphatic heterocycles. The summed E-state index contributed by atoms with van der Waals surface area (Å²) >= 11 is 0. The maximum absolute atomic E-state index is 2.78. The summed E-state index contributed by atoms with van der Waals surface area (Å²) < 4.78 is 0. The van der Waals surface area contributed by atoms with Crippen molar-refractivity contribution in [2.24, 2.45) is 11.8 Å². The second-order valence-electron chi connectivity index (χ2n) is 6.05. The van der Waals surface area contributed by atoms with Crippen molar-refractivity contribution in [2.75, 3.05) is 7.05 Å². The lowest BCUT2D eigenvalue weighted by molar-refractivity contribution is 0.181. The van der Waals surface area contributed by atoms with Gasteiger partial charge >= 0.3 is 0 Å². The van der Waals surface area contributed by atoms with Crippen LogP contribution in [0.3, 0.4) is 0 Å². The highest BCUT2D eigenvalue weighted by atomic mass is 15.2. The van der Waals surface area contributed by atoms with E-state index in [2.05, 4.69) is 11.9 Å². The summed E-state index contributed by atoms with van der Waals surface area (Å²) in [6.07, 6.45) is 13.6. The average Bonchev–Trinajstić information content (AvgIpc) is 2.48. The van der Waals surface area contributed by atoms with E-state index in [4.69, 9.17) is 0 Å². The molecule has 0 N–H and O–H groups in total. The van der Waals surface area contributed by atoms with Gasteiger partial charge in [0.05, 0.1) is 0 Å². The van der Waals surface area contributed by atoms with Crippen molar-refractivity contribution < 1.29 is 0 Å². The average molecular weight is 207 g/mol. The first-order valence-corrected chi connectivity index (χ1v) is 7.10. The fraction of sp³-hybridized carbons (Fsp3) is 1.00. The number of rotatable bonds is 0. The molecule has 0 aromatic heterocycles. The molecule has 4 atom stereocenters. The van der Waals surface area contributed by atoms with Gasteiger partial charge < -0.3 is 0 Å². The van der Waals surface area contributed by atoms with Crippen LogP contribution in [0.1, 0.15) is 57.8 Å². The Morgan fingerprint density at radius 1 is 0.667 bits per heavy atom. The first kappa shape index (κ1) is 10.1. The zero-order chi connectivity index (χ0) is 10.3. The minimum Gasteiger partial charge on any atom is -0.300 e. The molecule has 3 aliphatic rings. The van der Waals surface area contributed by atoms with Crippen LogP contribution in [-0.4, -0.2) is 24.0 Å². The number of nitrogens with zero attached hydrogens (tertiary/aromatic N) is 1. The van der Waals surface area contributed by atoms with Crippen LogP contribution in [0.2, 0.25) is 0 Å². The van der Waals surface area contributed by atoms with Crippen molar-refractivity contribution >= 4 is 0 Å². The lowest BCUT2D eigenvalue weighted by Gasteiger charge is -2.31. The summed E-state index contributed by atoms with van der Waals surface area (Å²) in [5.74, 6) is 2.15. The topological polar surface area (TPSA) is 3.24 Å². The van der Waals surface area contributed by atoms with Crippen LogP contribution >= 0.6 is 0 Å². The van der Waals surface area contributed by atoms with E-state index in [1.54, 1.807) is 0 Å². The van der Waals surface area contributed by atoms with Crippen LogP contribution in [0.4, 0.5) is 0 Å². The second kappa shape index (κ2) is 4.08. The number of likely N-dealkylation sites (tertiary alicyclic amines) is 1. The van der Waals surface area contributed by atoms with E-state index in [9.17, 15) is 0 Å². The molecular formula is C14H25N. The molecule has 0 radical (unpaired) electrons. The first-order chi connectivity index (χ1) is 7.38. The van der Waals surface area contributed by atoms with Crippen LogP contribution in [0.15, 0.2) is 0 Å². The van der Waals surface area contributed by atoms with Crippen LogP contribution < -0.4 is 0 Å². The molecule has 0 aromatic carbocycles. The molecule has 2 aliphatic carbocycles. The van der Waals surface area contributed by atoms with E-state index >= 15 is 0 Å². The van der Waals surface area contributed by atoms with E-state index in [0.717, 1.165) is 23.9 Å². The summed E-state index contributed by atoms with van der Waals surface area (Å²) in [6, 6.07) is 1.92. The van der Waals surface area contributed by atoms with Crippen molar-refractivity contribution in [2.45, 2.75) is 69.9 Å². The molecule has 0 spiro atoms. The molecule has 0 amide bonds. The SMILES string of the molecule is CN1C2CCCCCC2C2CCCCC21. The Morgan fingerprint density at radius 2 is 1.13 bits per heavy atom. The van der Waals surface area contributed by atoms with Crippen molar-refractivity contribution in [3.05, 3.63) is 0 Å². The molecule has 2 saturated carbocycles. The van der Waals surface area contributed by atoms with Crippen molar-refractivity contribution in [1.29, 1.82) is 0 Å². The minimum atomic E-state index is 0.959. The third-order valence-electron chi connectivity index (χ3n) is 5.41. The molecule has 15 heavy (non-hydrogen) atoms. The van der Waals surface area contributed by atoms with Gasteiger partial charge in [0.2, 0.25) is 0 Å². The van der Waals surface area contributed by atoms with E-state index in [0.29, 0.717) is 0 Å². The highest BCUT2D eigenvalue weighted by Crippen LogP contribution is 2.47. The van der Waals surface area contributed by atoms with E-state index < -0.39 is 0 Å². The number of hydrogen-bond acceptors (Lipinski definition) is 1. The predicted octanol–water partition coefficient (Wildman–Crippen LogP) is 3.44. The van der Waals surface area contributed by atoms with Gasteiger partial charge in [0, 0.05) is 12.1 Å². The fourth-order valence-electron chi connectivity index (χ4n) is 4.71. The van der Waals surface area contributed by atoms with Gasteiger partial charge in [-0.3, -0.25) is 4.90 Å². The monoisotopic (exact) mass is 207 g/mol. The molecule has 3 rings (SSSR count). The van der Waals surface area contributed by atoms with Crippen molar-refractivity contribution in [1.82, 2.24) is 4.90 Å². The Balaban J connectivity index is 1.81. The normalized spacial score (nSPS) is 47.0. The molecule has 0 bridgehead atoms. The van der Waals surface area contributed by atoms with Gasteiger partial charge in [-0.2, -0.15) is 0 Å². The Kier molecular flexibility index (Phi) is 2.76. The van der Waals surface area contributed by atoms with Crippen LogP contribution in [0, 0.1) is 11.8 Å².